The standard InChI is InChI=1S/C11H11FN2O3/c12-8-4-1-3-7(13-8)9(15)14-11(10(16)17)5-2-6-11/h1,3-4H,2,5-6H2,(H,14,15)(H,16,17). The van der Waals surface area contributed by atoms with Crippen LogP contribution in [0.3, 0.4) is 0 Å². The molecule has 1 saturated carbocycles. The van der Waals surface area contributed by atoms with Crippen molar-refractivity contribution in [3.05, 3.63) is 29.8 Å². The number of aromatic nitrogens is 1. The molecule has 1 amide bonds. The van der Waals surface area contributed by atoms with E-state index >= 15 is 0 Å². The number of pyridine rings is 1. The Morgan fingerprint density at radius 3 is 2.59 bits per heavy atom. The Balaban J connectivity index is 2.14. The SMILES string of the molecule is O=C(NC1(C(=O)O)CCC1)c1cccc(F)n1. The molecule has 0 spiro atoms. The average Bonchev–Trinajstić information content (AvgIpc) is 2.22. The molecule has 0 saturated heterocycles. The quantitative estimate of drug-likeness (QED) is 0.768. The van der Waals surface area contributed by atoms with Crippen LogP contribution in [0.15, 0.2) is 18.2 Å². The first-order valence-electron chi connectivity index (χ1n) is 5.22. The van der Waals surface area contributed by atoms with E-state index in [4.69, 9.17) is 5.11 Å². The smallest absolute Gasteiger partial charge is 0.329 e. The van der Waals surface area contributed by atoms with Gasteiger partial charge in [-0.1, -0.05) is 6.07 Å². The number of aliphatic carboxylic acids is 1. The van der Waals surface area contributed by atoms with Crippen LogP contribution in [0.1, 0.15) is 29.8 Å². The minimum Gasteiger partial charge on any atom is -0.480 e. The number of carboxylic acids is 1. The molecule has 2 rings (SSSR count). The third kappa shape index (κ3) is 2.11. The van der Waals surface area contributed by atoms with Crippen LogP contribution in [0.2, 0.25) is 0 Å². The fourth-order valence-electron chi connectivity index (χ4n) is 1.74. The molecular formula is C11H11FN2O3. The first-order chi connectivity index (χ1) is 8.03. The first-order valence-corrected chi connectivity index (χ1v) is 5.22. The Kier molecular flexibility index (Phi) is 2.79. The highest BCUT2D eigenvalue weighted by Gasteiger charge is 2.45. The number of hydrogen-bond acceptors (Lipinski definition) is 3. The van der Waals surface area contributed by atoms with E-state index in [1.807, 2.05) is 0 Å². The van der Waals surface area contributed by atoms with Gasteiger partial charge in [-0.2, -0.15) is 4.39 Å². The second kappa shape index (κ2) is 4.12. The molecule has 1 aromatic rings. The van der Waals surface area contributed by atoms with Crippen LogP contribution in [0.25, 0.3) is 0 Å². The molecule has 17 heavy (non-hydrogen) atoms. The number of carboxylic acid groups (broad SMARTS) is 1. The van der Waals surface area contributed by atoms with Crippen LogP contribution in [0.4, 0.5) is 4.39 Å². The van der Waals surface area contributed by atoms with Crippen molar-refractivity contribution in [1.29, 1.82) is 0 Å². The summed E-state index contributed by atoms with van der Waals surface area (Å²) >= 11 is 0. The van der Waals surface area contributed by atoms with Crippen molar-refractivity contribution in [3.63, 3.8) is 0 Å². The zero-order valence-electron chi connectivity index (χ0n) is 8.94. The van der Waals surface area contributed by atoms with E-state index in [-0.39, 0.29) is 5.69 Å². The van der Waals surface area contributed by atoms with Gasteiger partial charge in [0.2, 0.25) is 5.95 Å². The maximum Gasteiger partial charge on any atom is 0.329 e. The molecular weight excluding hydrogens is 227 g/mol. The van der Waals surface area contributed by atoms with Crippen LogP contribution in [0.5, 0.6) is 0 Å². The van der Waals surface area contributed by atoms with Crippen LogP contribution in [0, 0.1) is 5.95 Å². The normalized spacial score (nSPS) is 17.0. The molecule has 2 N–H and O–H groups in total. The number of nitrogens with one attached hydrogen (secondary N) is 1. The lowest BCUT2D eigenvalue weighted by atomic mass is 9.76. The van der Waals surface area contributed by atoms with Crippen LogP contribution in [-0.2, 0) is 4.79 Å². The highest BCUT2D eigenvalue weighted by Crippen LogP contribution is 2.32. The molecule has 0 unspecified atom stereocenters. The molecule has 0 bridgehead atoms. The van der Waals surface area contributed by atoms with Crippen molar-refractivity contribution < 1.29 is 19.1 Å². The van der Waals surface area contributed by atoms with Gasteiger partial charge < -0.3 is 10.4 Å². The number of rotatable bonds is 3. The zero-order valence-corrected chi connectivity index (χ0v) is 8.94. The van der Waals surface area contributed by atoms with E-state index in [0.29, 0.717) is 12.8 Å². The lowest BCUT2D eigenvalue weighted by Gasteiger charge is -2.38. The molecule has 0 aliphatic heterocycles. The van der Waals surface area contributed by atoms with Gasteiger partial charge in [0, 0.05) is 0 Å². The van der Waals surface area contributed by atoms with E-state index in [0.717, 1.165) is 12.5 Å². The number of carbonyl (C=O) groups excluding carboxylic acids is 1. The summed E-state index contributed by atoms with van der Waals surface area (Å²) in [5.74, 6) is -2.49. The lowest BCUT2D eigenvalue weighted by Crippen LogP contribution is -2.59. The summed E-state index contributed by atoms with van der Waals surface area (Å²) < 4.78 is 12.8. The summed E-state index contributed by atoms with van der Waals surface area (Å²) in [6.45, 7) is 0. The zero-order chi connectivity index (χ0) is 12.5. The Bertz CT molecular complexity index is 472. The summed E-state index contributed by atoms with van der Waals surface area (Å²) in [5.41, 5.74) is -1.32. The van der Waals surface area contributed by atoms with Gasteiger partial charge in [0.15, 0.2) is 0 Å². The molecule has 1 heterocycles. The highest BCUT2D eigenvalue weighted by molar-refractivity contribution is 5.96. The van der Waals surface area contributed by atoms with Crippen LogP contribution < -0.4 is 5.32 Å². The second-order valence-electron chi connectivity index (χ2n) is 4.04. The second-order valence-corrected chi connectivity index (χ2v) is 4.04. The fraction of sp³-hybridized carbons (Fsp3) is 0.364. The van der Waals surface area contributed by atoms with Crippen LogP contribution >= 0.6 is 0 Å². The summed E-state index contributed by atoms with van der Waals surface area (Å²) in [6, 6.07) is 3.81. The van der Waals surface area contributed by atoms with Crippen molar-refractivity contribution in [2.75, 3.05) is 0 Å². The Hall–Kier alpha value is -1.98. The molecule has 90 valence electrons. The minimum atomic E-state index is -1.20. The summed E-state index contributed by atoms with van der Waals surface area (Å²) in [4.78, 5) is 26.1. The third-order valence-corrected chi connectivity index (χ3v) is 2.92. The molecule has 1 aromatic heterocycles. The van der Waals surface area contributed by atoms with Gasteiger partial charge in [0.05, 0.1) is 0 Å². The number of halogens is 1. The maximum absolute atomic E-state index is 12.8. The number of amides is 1. The largest absolute Gasteiger partial charge is 0.480 e. The van der Waals surface area contributed by atoms with Gasteiger partial charge in [0.1, 0.15) is 11.2 Å². The van der Waals surface area contributed by atoms with Crippen molar-refractivity contribution in [1.82, 2.24) is 10.3 Å². The first kappa shape index (κ1) is 11.5. The van der Waals surface area contributed by atoms with E-state index < -0.39 is 23.4 Å². The molecule has 5 nitrogen and oxygen atoms in total. The topological polar surface area (TPSA) is 79.3 Å². The van der Waals surface area contributed by atoms with E-state index in [1.54, 1.807) is 0 Å². The van der Waals surface area contributed by atoms with E-state index in [9.17, 15) is 14.0 Å². The molecule has 1 aliphatic rings. The fourth-order valence-corrected chi connectivity index (χ4v) is 1.74. The van der Waals surface area contributed by atoms with Crippen molar-refractivity contribution in [2.45, 2.75) is 24.8 Å². The number of nitrogens with zero attached hydrogens (tertiary/aromatic N) is 1. The van der Waals surface area contributed by atoms with Gasteiger partial charge >= 0.3 is 5.97 Å². The number of carbonyl (C=O) groups is 2. The predicted molar refractivity (Wildman–Crippen MR) is 55.9 cm³/mol. The van der Waals surface area contributed by atoms with Crippen LogP contribution in [-0.4, -0.2) is 27.5 Å². The van der Waals surface area contributed by atoms with Crippen molar-refractivity contribution in [3.8, 4) is 0 Å². The Morgan fingerprint density at radius 2 is 2.12 bits per heavy atom. The van der Waals surface area contributed by atoms with Gasteiger partial charge in [-0.05, 0) is 31.4 Å². The third-order valence-electron chi connectivity index (χ3n) is 2.92. The van der Waals surface area contributed by atoms with E-state index in [1.165, 1.54) is 12.1 Å². The van der Waals surface area contributed by atoms with Gasteiger partial charge in [0.25, 0.3) is 5.91 Å². The minimum absolute atomic E-state index is 0.113. The molecule has 6 heteroatoms. The number of hydrogen-bond donors (Lipinski definition) is 2. The maximum atomic E-state index is 12.8. The van der Waals surface area contributed by atoms with Crippen molar-refractivity contribution >= 4 is 11.9 Å². The summed E-state index contributed by atoms with van der Waals surface area (Å²) in [7, 11) is 0. The molecule has 1 fully saturated rings. The monoisotopic (exact) mass is 238 g/mol. The lowest BCUT2D eigenvalue weighted by molar-refractivity contribution is -0.148. The average molecular weight is 238 g/mol. The molecule has 0 atom stereocenters. The summed E-state index contributed by atoms with van der Waals surface area (Å²) in [5, 5.41) is 11.4. The van der Waals surface area contributed by atoms with Gasteiger partial charge in [-0.3, -0.25) is 4.79 Å². The molecule has 0 aromatic carbocycles. The van der Waals surface area contributed by atoms with Gasteiger partial charge in [-0.25, -0.2) is 9.78 Å². The van der Waals surface area contributed by atoms with E-state index in [2.05, 4.69) is 10.3 Å². The predicted octanol–water partition coefficient (Wildman–Crippen LogP) is 0.958. The highest BCUT2D eigenvalue weighted by atomic mass is 19.1. The van der Waals surface area contributed by atoms with Gasteiger partial charge in [-0.15, -0.1) is 0 Å². The molecule has 1 aliphatic carbocycles. The Morgan fingerprint density at radius 1 is 1.41 bits per heavy atom. The van der Waals surface area contributed by atoms with Crippen molar-refractivity contribution in [2.24, 2.45) is 0 Å². The summed E-state index contributed by atoms with van der Waals surface area (Å²) in [6.07, 6.45) is 1.54. The Labute approximate surface area is 96.7 Å². The molecule has 0 radical (unpaired) electrons.